The Hall–Kier alpha value is -1.22. The van der Waals surface area contributed by atoms with Crippen molar-refractivity contribution in [2.75, 3.05) is 33.4 Å². The summed E-state index contributed by atoms with van der Waals surface area (Å²) >= 11 is 0. The number of hydrogen-bond donors (Lipinski definition) is 1. The average Bonchev–Trinajstić information content (AvgIpc) is 2.96. The SMILES string of the molecule is COc1ccccc1OCCCCC[NH+]1CCCC1. The molecule has 1 N–H and O–H groups in total. The van der Waals surface area contributed by atoms with Crippen molar-refractivity contribution in [2.24, 2.45) is 0 Å². The normalized spacial score (nSPS) is 15.6. The fraction of sp³-hybridized carbons (Fsp3) is 0.625. The van der Waals surface area contributed by atoms with E-state index in [0.717, 1.165) is 24.5 Å². The topological polar surface area (TPSA) is 22.9 Å². The molecule has 0 unspecified atom stereocenters. The van der Waals surface area contributed by atoms with Crippen LogP contribution in [0.3, 0.4) is 0 Å². The van der Waals surface area contributed by atoms with E-state index in [0.29, 0.717) is 0 Å². The molecule has 0 bridgehead atoms. The molecule has 2 rings (SSSR count). The summed E-state index contributed by atoms with van der Waals surface area (Å²) in [7, 11) is 1.68. The van der Waals surface area contributed by atoms with E-state index >= 15 is 0 Å². The summed E-state index contributed by atoms with van der Waals surface area (Å²) in [5.74, 6) is 1.68. The molecule has 0 aliphatic carbocycles. The molecule has 1 aromatic carbocycles. The van der Waals surface area contributed by atoms with Gasteiger partial charge in [0.05, 0.1) is 33.4 Å². The first kappa shape index (κ1) is 14.2. The third kappa shape index (κ3) is 4.75. The molecular weight excluding hydrogens is 238 g/mol. The van der Waals surface area contributed by atoms with E-state index in [2.05, 4.69) is 0 Å². The molecule has 106 valence electrons. The average molecular weight is 264 g/mol. The number of quaternary nitrogens is 1. The van der Waals surface area contributed by atoms with Crippen LogP contribution in [0.5, 0.6) is 11.5 Å². The third-order valence-electron chi connectivity index (χ3n) is 3.81. The van der Waals surface area contributed by atoms with Crippen LogP contribution >= 0.6 is 0 Å². The monoisotopic (exact) mass is 264 g/mol. The number of nitrogens with one attached hydrogen (secondary N) is 1. The Balaban J connectivity index is 1.56. The van der Waals surface area contributed by atoms with Gasteiger partial charge in [-0.25, -0.2) is 0 Å². The van der Waals surface area contributed by atoms with Crippen molar-refractivity contribution in [2.45, 2.75) is 32.1 Å². The molecule has 0 radical (unpaired) electrons. The Morgan fingerprint density at radius 3 is 2.47 bits per heavy atom. The van der Waals surface area contributed by atoms with E-state index in [1.54, 1.807) is 12.0 Å². The van der Waals surface area contributed by atoms with Crippen LogP contribution in [0.1, 0.15) is 32.1 Å². The number of para-hydroxylation sites is 2. The Morgan fingerprint density at radius 1 is 1.00 bits per heavy atom. The zero-order valence-corrected chi connectivity index (χ0v) is 12.0. The fourth-order valence-corrected chi connectivity index (χ4v) is 2.70. The molecule has 0 saturated carbocycles. The highest BCUT2D eigenvalue weighted by Crippen LogP contribution is 2.25. The molecule has 1 aromatic rings. The van der Waals surface area contributed by atoms with E-state index in [4.69, 9.17) is 9.47 Å². The number of likely N-dealkylation sites (tertiary alicyclic amines) is 1. The summed E-state index contributed by atoms with van der Waals surface area (Å²) in [4.78, 5) is 1.80. The van der Waals surface area contributed by atoms with E-state index in [-0.39, 0.29) is 0 Å². The second-order valence-corrected chi connectivity index (χ2v) is 5.27. The molecule has 1 aliphatic heterocycles. The maximum absolute atomic E-state index is 5.77. The van der Waals surface area contributed by atoms with Crippen molar-refractivity contribution in [1.82, 2.24) is 0 Å². The molecular formula is C16H26NO2+. The Kier molecular flexibility index (Phi) is 6.02. The van der Waals surface area contributed by atoms with E-state index in [1.807, 2.05) is 24.3 Å². The van der Waals surface area contributed by atoms with Crippen molar-refractivity contribution in [1.29, 1.82) is 0 Å². The van der Waals surface area contributed by atoms with Gasteiger partial charge in [0.2, 0.25) is 0 Å². The van der Waals surface area contributed by atoms with Crippen molar-refractivity contribution >= 4 is 0 Å². The van der Waals surface area contributed by atoms with Gasteiger partial charge in [-0.15, -0.1) is 0 Å². The summed E-state index contributed by atoms with van der Waals surface area (Å²) in [5.41, 5.74) is 0. The number of ether oxygens (including phenoxy) is 2. The van der Waals surface area contributed by atoms with Gasteiger partial charge >= 0.3 is 0 Å². The quantitative estimate of drug-likeness (QED) is 0.725. The van der Waals surface area contributed by atoms with Gasteiger partial charge in [-0.05, 0) is 31.4 Å². The van der Waals surface area contributed by atoms with Gasteiger partial charge in [-0.3, -0.25) is 0 Å². The van der Waals surface area contributed by atoms with Crippen molar-refractivity contribution in [3.8, 4) is 11.5 Å². The summed E-state index contributed by atoms with van der Waals surface area (Å²) < 4.78 is 11.0. The van der Waals surface area contributed by atoms with Gasteiger partial charge in [0, 0.05) is 12.8 Å². The Bertz CT molecular complexity index is 362. The standard InChI is InChI=1S/C16H25NO2/c1-18-15-9-3-4-10-16(15)19-14-8-2-5-11-17-12-6-7-13-17/h3-4,9-10H,2,5-8,11-14H2,1H3/p+1. The van der Waals surface area contributed by atoms with E-state index in [9.17, 15) is 0 Å². The number of hydrogen-bond acceptors (Lipinski definition) is 2. The van der Waals surface area contributed by atoms with Gasteiger partial charge in [0.1, 0.15) is 0 Å². The molecule has 1 heterocycles. The highest BCUT2D eigenvalue weighted by atomic mass is 16.5. The molecule has 0 aromatic heterocycles. The second kappa shape index (κ2) is 8.05. The minimum Gasteiger partial charge on any atom is -0.493 e. The molecule has 0 spiro atoms. The molecule has 0 amide bonds. The van der Waals surface area contributed by atoms with Crippen LogP contribution in [-0.4, -0.2) is 33.4 Å². The zero-order valence-electron chi connectivity index (χ0n) is 12.0. The predicted octanol–water partition coefficient (Wildman–Crippen LogP) is 1.92. The van der Waals surface area contributed by atoms with E-state index in [1.165, 1.54) is 45.3 Å². The molecule has 1 fully saturated rings. The van der Waals surface area contributed by atoms with Crippen molar-refractivity contribution < 1.29 is 14.4 Å². The lowest BCUT2D eigenvalue weighted by Gasteiger charge is -2.12. The lowest BCUT2D eigenvalue weighted by atomic mass is 10.2. The largest absolute Gasteiger partial charge is 0.493 e. The van der Waals surface area contributed by atoms with Gasteiger partial charge in [0.15, 0.2) is 11.5 Å². The lowest BCUT2D eigenvalue weighted by Crippen LogP contribution is -3.09. The molecule has 3 nitrogen and oxygen atoms in total. The van der Waals surface area contributed by atoms with Gasteiger partial charge in [-0.2, -0.15) is 0 Å². The summed E-state index contributed by atoms with van der Waals surface area (Å²) in [6, 6.07) is 7.85. The minimum atomic E-state index is 0.787. The van der Waals surface area contributed by atoms with Crippen LogP contribution < -0.4 is 14.4 Å². The van der Waals surface area contributed by atoms with Crippen molar-refractivity contribution in [3.05, 3.63) is 24.3 Å². The summed E-state index contributed by atoms with van der Waals surface area (Å²) in [5, 5.41) is 0. The minimum absolute atomic E-state index is 0.787. The van der Waals surface area contributed by atoms with Crippen molar-refractivity contribution in [3.63, 3.8) is 0 Å². The first-order valence-corrected chi connectivity index (χ1v) is 7.49. The summed E-state index contributed by atoms with van der Waals surface area (Å²) in [6.07, 6.45) is 6.56. The fourth-order valence-electron chi connectivity index (χ4n) is 2.70. The van der Waals surface area contributed by atoms with E-state index < -0.39 is 0 Å². The van der Waals surface area contributed by atoms with Crippen LogP contribution in [0.4, 0.5) is 0 Å². The summed E-state index contributed by atoms with van der Waals surface area (Å²) in [6.45, 7) is 4.90. The third-order valence-corrected chi connectivity index (χ3v) is 3.81. The van der Waals surface area contributed by atoms with Crippen LogP contribution in [0.2, 0.25) is 0 Å². The molecule has 0 atom stereocenters. The number of methoxy groups -OCH3 is 1. The van der Waals surface area contributed by atoms with Crippen LogP contribution in [-0.2, 0) is 0 Å². The molecule has 3 heteroatoms. The lowest BCUT2D eigenvalue weighted by molar-refractivity contribution is -0.887. The van der Waals surface area contributed by atoms with Crippen LogP contribution in [0, 0.1) is 0 Å². The van der Waals surface area contributed by atoms with Gasteiger partial charge < -0.3 is 14.4 Å². The Morgan fingerprint density at radius 2 is 1.74 bits per heavy atom. The number of rotatable bonds is 8. The maximum Gasteiger partial charge on any atom is 0.161 e. The second-order valence-electron chi connectivity index (χ2n) is 5.27. The smallest absolute Gasteiger partial charge is 0.161 e. The predicted molar refractivity (Wildman–Crippen MR) is 77.1 cm³/mol. The van der Waals surface area contributed by atoms with Gasteiger partial charge in [-0.1, -0.05) is 12.1 Å². The van der Waals surface area contributed by atoms with Gasteiger partial charge in [0.25, 0.3) is 0 Å². The first-order valence-electron chi connectivity index (χ1n) is 7.49. The Labute approximate surface area is 116 Å². The molecule has 1 aliphatic rings. The molecule has 19 heavy (non-hydrogen) atoms. The highest BCUT2D eigenvalue weighted by Gasteiger charge is 2.13. The first-order chi connectivity index (χ1) is 9.40. The zero-order chi connectivity index (χ0) is 13.3. The molecule has 1 saturated heterocycles. The van der Waals surface area contributed by atoms with Crippen LogP contribution in [0.15, 0.2) is 24.3 Å². The van der Waals surface area contributed by atoms with Crippen LogP contribution in [0.25, 0.3) is 0 Å². The number of unbranched alkanes of at least 4 members (excludes halogenated alkanes) is 2. The maximum atomic E-state index is 5.77. The number of benzene rings is 1. The highest BCUT2D eigenvalue weighted by molar-refractivity contribution is 5.39.